The van der Waals surface area contributed by atoms with Gasteiger partial charge in [0, 0.05) is 16.3 Å². The highest BCUT2D eigenvalue weighted by Crippen LogP contribution is 2.20. The summed E-state index contributed by atoms with van der Waals surface area (Å²) in [5, 5.41) is 0. The van der Waals surface area contributed by atoms with E-state index in [2.05, 4.69) is 22.6 Å². The molecule has 0 spiro atoms. The van der Waals surface area contributed by atoms with Crippen LogP contribution in [0.3, 0.4) is 0 Å². The van der Waals surface area contributed by atoms with Crippen LogP contribution in [0.2, 0.25) is 0 Å². The molecule has 2 aromatic rings. The van der Waals surface area contributed by atoms with Crippen LogP contribution in [0.25, 0.3) is 0 Å². The van der Waals surface area contributed by atoms with Gasteiger partial charge in [0.05, 0.1) is 11.9 Å². The summed E-state index contributed by atoms with van der Waals surface area (Å²) in [5.41, 5.74) is 1.19. The fourth-order valence-corrected chi connectivity index (χ4v) is 3.24. The van der Waals surface area contributed by atoms with Gasteiger partial charge in [-0.3, -0.25) is 9.10 Å². The minimum Gasteiger partial charge on any atom is -0.314 e. The van der Waals surface area contributed by atoms with Crippen LogP contribution in [0.4, 0.5) is 11.4 Å². The molecule has 0 fully saturated rings. The van der Waals surface area contributed by atoms with E-state index >= 15 is 0 Å². The zero-order valence-corrected chi connectivity index (χ0v) is 15.8. The molecule has 0 aliphatic rings. The topological polar surface area (TPSA) is 57.7 Å². The lowest BCUT2D eigenvalue weighted by atomic mass is 10.3. The third-order valence-corrected chi connectivity index (χ3v) is 5.17. The van der Waals surface area contributed by atoms with Gasteiger partial charge in [-0.05, 0) is 59.0 Å². The number of carbonyl (C=O) groups excluding carboxylic acids is 1. The highest BCUT2D eigenvalue weighted by Gasteiger charge is 2.23. The van der Waals surface area contributed by atoms with Gasteiger partial charge in [0.15, 0.2) is 0 Å². The van der Waals surface area contributed by atoms with Crippen LogP contribution < -0.4 is 9.21 Å². The number of amides is 1. The fourth-order valence-electron chi connectivity index (χ4n) is 2.03. The Labute approximate surface area is 150 Å². The van der Waals surface area contributed by atoms with Crippen LogP contribution in [0.1, 0.15) is 0 Å². The second-order valence-electron chi connectivity index (χ2n) is 5.03. The van der Waals surface area contributed by atoms with Crippen molar-refractivity contribution in [3.63, 3.8) is 0 Å². The zero-order chi connectivity index (χ0) is 17.0. The van der Waals surface area contributed by atoms with Crippen molar-refractivity contribution < 1.29 is 13.2 Å². The summed E-state index contributed by atoms with van der Waals surface area (Å²) in [5.74, 6) is -0.305. The van der Waals surface area contributed by atoms with Crippen molar-refractivity contribution in [2.24, 2.45) is 0 Å². The summed E-state index contributed by atoms with van der Waals surface area (Å²) < 4.78 is 26.2. The molecule has 0 N–H and O–H groups in total. The number of carbonyl (C=O) groups is 1. The molecule has 122 valence electrons. The van der Waals surface area contributed by atoms with E-state index < -0.39 is 10.0 Å². The lowest BCUT2D eigenvalue weighted by Crippen LogP contribution is -2.41. The Balaban J connectivity index is 2.25. The maximum Gasteiger partial charge on any atom is 0.247 e. The molecule has 0 saturated heterocycles. The van der Waals surface area contributed by atoms with Crippen LogP contribution in [0.15, 0.2) is 54.6 Å². The van der Waals surface area contributed by atoms with Gasteiger partial charge in [-0.2, -0.15) is 0 Å². The van der Waals surface area contributed by atoms with Crippen molar-refractivity contribution in [3.8, 4) is 0 Å². The highest BCUT2D eigenvalue weighted by molar-refractivity contribution is 14.1. The SMILES string of the molecule is CN(C(=O)CN(c1ccc(I)cc1)S(C)(=O)=O)c1ccccc1. The van der Waals surface area contributed by atoms with Gasteiger partial charge in [0.2, 0.25) is 15.9 Å². The molecule has 0 heterocycles. The first-order valence-electron chi connectivity index (χ1n) is 6.84. The number of rotatable bonds is 5. The normalized spacial score (nSPS) is 11.1. The number of sulfonamides is 1. The van der Waals surface area contributed by atoms with E-state index in [9.17, 15) is 13.2 Å². The van der Waals surface area contributed by atoms with Gasteiger partial charge in [-0.25, -0.2) is 8.42 Å². The molecule has 2 aromatic carbocycles. The number of hydrogen-bond acceptors (Lipinski definition) is 3. The van der Waals surface area contributed by atoms with E-state index in [1.807, 2.05) is 18.2 Å². The zero-order valence-electron chi connectivity index (χ0n) is 12.8. The Morgan fingerprint density at radius 1 is 1.00 bits per heavy atom. The molecule has 2 rings (SSSR count). The number of benzene rings is 2. The first kappa shape index (κ1) is 17.7. The average molecular weight is 444 g/mol. The summed E-state index contributed by atoms with van der Waals surface area (Å²) in [7, 11) is -1.93. The first-order chi connectivity index (χ1) is 10.8. The van der Waals surface area contributed by atoms with E-state index in [-0.39, 0.29) is 12.5 Å². The monoisotopic (exact) mass is 444 g/mol. The van der Waals surface area contributed by atoms with Gasteiger partial charge in [0.25, 0.3) is 0 Å². The van der Waals surface area contributed by atoms with E-state index in [1.165, 1.54) is 4.90 Å². The van der Waals surface area contributed by atoms with Crippen molar-refractivity contribution >= 4 is 49.9 Å². The quantitative estimate of drug-likeness (QED) is 0.667. The van der Waals surface area contributed by atoms with Crippen molar-refractivity contribution in [2.45, 2.75) is 0 Å². The van der Waals surface area contributed by atoms with Gasteiger partial charge >= 0.3 is 0 Å². The highest BCUT2D eigenvalue weighted by atomic mass is 127. The smallest absolute Gasteiger partial charge is 0.247 e. The van der Waals surface area contributed by atoms with Gasteiger partial charge < -0.3 is 4.90 Å². The minimum atomic E-state index is -3.56. The Morgan fingerprint density at radius 2 is 1.57 bits per heavy atom. The number of para-hydroxylation sites is 1. The molecule has 1 amide bonds. The second kappa shape index (κ2) is 7.31. The molecular weight excluding hydrogens is 427 g/mol. The van der Waals surface area contributed by atoms with Crippen molar-refractivity contribution in [2.75, 3.05) is 29.1 Å². The molecule has 0 aliphatic heterocycles. The molecule has 0 saturated carbocycles. The van der Waals surface area contributed by atoms with Crippen LogP contribution in [-0.2, 0) is 14.8 Å². The largest absolute Gasteiger partial charge is 0.314 e. The fraction of sp³-hybridized carbons (Fsp3) is 0.188. The first-order valence-corrected chi connectivity index (χ1v) is 9.76. The predicted octanol–water partition coefficient (Wildman–Crippen LogP) is 2.72. The molecule has 0 bridgehead atoms. The Morgan fingerprint density at radius 3 is 2.09 bits per heavy atom. The molecule has 5 nitrogen and oxygen atoms in total. The molecule has 7 heteroatoms. The molecule has 0 atom stereocenters. The molecule has 0 aliphatic carbocycles. The van der Waals surface area contributed by atoms with E-state index in [4.69, 9.17) is 0 Å². The Kier molecular flexibility index (Phi) is 5.64. The van der Waals surface area contributed by atoms with E-state index in [0.717, 1.165) is 14.1 Å². The van der Waals surface area contributed by atoms with Crippen molar-refractivity contribution in [1.82, 2.24) is 0 Å². The predicted molar refractivity (Wildman–Crippen MR) is 101 cm³/mol. The summed E-state index contributed by atoms with van der Waals surface area (Å²) in [6.07, 6.45) is 1.10. The lowest BCUT2D eigenvalue weighted by molar-refractivity contribution is -0.116. The van der Waals surface area contributed by atoms with Gasteiger partial charge in [0.1, 0.15) is 6.54 Å². The molecule has 0 aromatic heterocycles. The van der Waals surface area contributed by atoms with Crippen molar-refractivity contribution in [1.29, 1.82) is 0 Å². The molecule has 23 heavy (non-hydrogen) atoms. The van der Waals surface area contributed by atoms with Crippen LogP contribution in [-0.4, -0.2) is 34.2 Å². The number of nitrogens with zero attached hydrogens (tertiary/aromatic N) is 2. The number of likely N-dealkylation sites (N-methyl/N-ethyl adjacent to an activating group) is 1. The Bertz CT molecular complexity index is 777. The average Bonchev–Trinajstić information content (AvgIpc) is 2.52. The summed E-state index contributed by atoms with van der Waals surface area (Å²) >= 11 is 2.14. The summed E-state index contributed by atoms with van der Waals surface area (Å²) in [6, 6.07) is 16.1. The molecule has 0 unspecified atom stereocenters. The second-order valence-corrected chi connectivity index (χ2v) is 8.19. The molecule has 0 radical (unpaired) electrons. The van der Waals surface area contributed by atoms with Crippen molar-refractivity contribution in [3.05, 3.63) is 58.2 Å². The summed E-state index contributed by atoms with van der Waals surface area (Å²) in [4.78, 5) is 13.9. The van der Waals surface area contributed by atoms with Gasteiger partial charge in [-0.15, -0.1) is 0 Å². The van der Waals surface area contributed by atoms with E-state index in [0.29, 0.717) is 11.4 Å². The standard InChI is InChI=1S/C16H17IN2O3S/c1-18(14-6-4-3-5-7-14)16(20)12-19(23(2,21)22)15-10-8-13(17)9-11-15/h3-11H,12H2,1-2H3. The van der Waals surface area contributed by atoms with Crippen LogP contribution >= 0.6 is 22.6 Å². The van der Waals surface area contributed by atoms with Gasteiger partial charge in [-0.1, -0.05) is 18.2 Å². The summed E-state index contributed by atoms with van der Waals surface area (Å²) in [6.45, 7) is -0.245. The third kappa shape index (κ3) is 4.68. The number of halogens is 1. The lowest BCUT2D eigenvalue weighted by Gasteiger charge is -2.25. The minimum absolute atomic E-state index is 0.245. The number of anilines is 2. The van der Waals surface area contributed by atoms with E-state index in [1.54, 1.807) is 43.4 Å². The maximum absolute atomic E-state index is 12.5. The Hall–Kier alpha value is -1.61. The third-order valence-electron chi connectivity index (χ3n) is 3.31. The maximum atomic E-state index is 12.5. The molecular formula is C16H17IN2O3S. The number of hydrogen-bond donors (Lipinski definition) is 0. The van der Waals surface area contributed by atoms with Crippen LogP contribution in [0.5, 0.6) is 0 Å². The van der Waals surface area contributed by atoms with Crippen LogP contribution in [0, 0.1) is 3.57 Å².